The molecule has 11 nitrogen and oxygen atoms in total. The van der Waals surface area contributed by atoms with Gasteiger partial charge in [-0.2, -0.15) is 7.82 Å². The number of hydrogen-bond donors (Lipinski definition) is 1. The van der Waals surface area contributed by atoms with E-state index in [-0.39, 0.29) is 166 Å². The standard InChI is InChI=1S/C18H24ClN5O2.3K.H3O4P/c1-17(2,3)26-16(25)23-18(4)7-9-24(10-8-18)14-11-20-15-12(21-14)5-6-13(19)22-15;;;;1-5(2,3)4/h5-6,11H,7-10H2,1-4H3,(H,23,25);;;;(H3,1,2,3,4)/q;3*+1;/p-3. The molecule has 1 aliphatic rings. The van der Waals surface area contributed by atoms with Crippen molar-refractivity contribution in [2.45, 2.75) is 51.7 Å². The molecule has 3 heterocycles. The van der Waals surface area contributed by atoms with Crippen molar-refractivity contribution in [2.75, 3.05) is 18.0 Å². The van der Waals surface area contributed by atoms with E-state index in [1.54, 1.807) is 12.3 Å². The Balaban J connectivity index is 0. The van der Waals surface area contributed by atoms with E-state index in [4.69, 9.17) is 35.6 Å². The second-order valence-corrected chi connectivity index (χ2v) is 9.61. The molecule has 0 unspecified atom stereocenters. The number of piperidine rings is 1. The maximum Gasteiger partial charge on any atom is 1.00 e. The third-order valence-electron chi connectivity index (χ3n) is 4.35. The van der Waals surface area contributed by atoms with Crippen molar-refractivity contribution in [3.63, 3.8) is 0 Å². The summed E-state index contributed by atoms with van der Waals surface area (Å²) >= 11 is 5.89. The van der Waals surface area contributed by atoms with Crippen LogP contribution >= 0.6 is 19.4 Å². The van der Waals surface area contributed by atoms with E-state index >= 15 is 0 Å². The predicted molar refractivity (Wildman–Crippen MR) is 109 cm³/mol. The second kappa shape index (κ2) is 16.9. The van der Waals surface area contributed by atoms with Crippen LogP contribution in [0.2, 0.25) is 5.15 Å². The van der Waals surface area contributed by atoms with Gasteiger partial charge in [0.25, 0.3) is 0 Å². The van der Waals surface area contributed by atoms with Crippen LogP contribution in [0.1, 0.15) is 40.5 Å². The van der Waals surface area contributed by atoms with Crippen LogP contribution in [-0.4, -0.2) is 45.3 Å². The number of carbonyl (C=O) groups excluding carboxylic acids is 1. The van der Waals surface area contributed by atoms with Crippen molar-refractivity contribution in [3.05, 3.63) is 23.5 Å². The second-order valence-electron chi connectivity index (χ2n) is 8.33. The number of halogens is 1. The summed E-state index contributed by atoms with van der Waals surface area (Å²) in [4.78, 5) is 53.0. The molecule has 1 saturated heterocycles. The summed E-state index contributed by atoms with van der Waals surface area (Å²) in [6.07, 6.45) is 2.94. The van der Waals surface area contributed by atoms with Gasteiger partial charge in [0.2, 0.25) is 0 Å². The molecule has 1 aliphatic heterocycles. The summed E-state index contributed by atoms with van der Waals surface area (Å²) in [5.41, 5.74) is 0.457. The number of fused-ring (bicyclic) bond motifs is 1. The summed E-state index contributed by atoms with van der Waals surface area (Å²) in [6.45, 7) is 9.17. The first-order chi connectivity index (χ1) is 14.1. The molecule has 2 aromatic heterocycles. The summed E-state index contributed by atoms with van der Waals surface area (Å²) in [7, 11) is -5.39. The number of phosphoric acid groups is 1. The topological polar surface area (TPSA) is 166 Å². The summed E-state index contributed by atoms with van der Waals surface area (Å²) in [5, 5.41) is 3.42. The van der Waals surface area contributed by atoms with Crippen molar-refractivity contribution in [1.29, 1.82) is 0 Å². The van der Waals surface area contributed by atoms with E-state index in [1.165, 1.54) is 0 Å². The monoisotopic (exact) mass is 589 g/mol. The SMILES string of the molecule is CC1(NC(=O)OC(C)(C)C)CCN(c2cnc3nc(Cl)ccc3n2)CC1.O=P([O-])([O-])[O-].[K+].[K+].[K+]. The Morgan fingerprint density at radius 1 is 1.15 bits per heavy atom. The molecular weight excluding hydrogens is 566 g/mol. The molecule has 16 heteroatoms. The normalized spacial score (nSPS) is 14.9. The minimum absolute atomic E-state index is 0. The van der Waals surface area contributed by atoms with Gasteiger partial charge in [0, 0.05) is 18.6 Å². The van der Waals surface area contributed by atoms with Gasteiger partial charge in [-0.1, -0.05) is 11.6 Å². The molecule has 1 amide bonds. The van der Waals surface area contributed by atoms with Crippen molar-refractivity contribution >= 4 is 42.5 Å². The molecule has 1 N–H and O–H groups in total. The maximum atomic E-state index is 12.1. The molecule has 0 saturated carbocycles. The molecule has 0 atom stereocenters. The zero-order valence-electron chi connectivity index (χ0n) is 20.6. The average Bonchev–Trinajstić information content (AvgIpc) is 2.58. The fourth-order valence-electron chi connectivity index (χ4n) is 2.93. The van der Waals surface area contributed by atoms with Gasteiger partial charge in [-0.25, -0.2) is 19.7 Å². The van der Waals surface area contributed by atoms with E-state index in [1.807, 2.05) is 33.8 Å². The molecule has 0 bridgehead atoms. The largest absolute Gasteiger partial charge is 1.00 e. The van der Waals surface area contributed by atoms with Crippen molar-refractivity contribution in [2.24, 2.45) is 0 Å². The van der Waals surface area contributed by atoms with Gasteiger partial charge < -0.3 is 34.2 Å². The zero-order valence-corrected chi connectivity index (χ0v) is 31.6. The summed E-state index contributed by atoms with van der Waals surface area (Å²) in [6, 6.07) is 3.53. The van der Waals surface area contributed by atoms with E-state index < -0.39 is 13.4 Å². The molecular formula is C18H24ClK3N5O6P. The fourth-order valence-corrected chi connectivity index (χ4v) is 3.07. The predicted octanol–water partition coefficient (Wildman–Crippen LogP) is -8.25. The Bertz CT molecular complexity index is 978. The first-order valence-corrected chi connectivity index (χ1v) is 11.3. The van der Waals surface area contributed by atoms with Crippen LogP contribution in [0.25, 0.3) is 11.2 Å². The minimum Gasteiger partial charge on any atom is -0.822 e. The Morgan fingerprint density at radius 3 is 2.18 bits per heavy atom. The zero-order chi connectivity index (χ0) is 23.4. The fraction of sp³-hybridized carbons (Fsp3) is 0.556. The van der Waals surface area contributed by atoms with Crippen molar-refractivity contribution < 1.29 is 183 Å². The van der Waals surface area contributed by atoms with Gasteiger partial charge in [0.1, 0.15) is 22.1 Å². The van der Waals surface area contributed by atoms with E-state index in [0.29, 0.717) is 16.3 Å². The molecule has 2 aromatic rings. The van der Waals surface area contributed by atoms with Crippen molar-refractivity contribution in [1.82, 2.24) is 20.3 Å². The molecule has 3 rings (SSSR count). The van der Waals surface area contributed by atoms with E-state index in [9.17, 15) is 4.79 Å². The van der Waals surface area contributed by atoms with Gasteiger partial charge in [-0.05, 0) is 52.7 Å². The number of carbonyl (C=O) groups is 1. The number of aromatic nitrogens is 3. The van der Waals surface area contributed by atoms with Gasteiger partial charge >= 0.3 is 160 Å². The number of amides is 1. The third kappa shape index (κ3) is 15.5. The first kappa shape index (κ1) is 39.0. The molecule has 0 radical (unpaired) electrons. The molecule has 34 heavy (non-hydrogen) atoms. The molecule has 172 valence electrons. The third-order valence-corrected chi connectivity index (χ3v) is 4.56. The van der Waals surface area contributed by atoms with Gasteiger partial charge in [0.05, 0.1) is 6.20 Å². The van der Waals surface area contributed by atoms with Gasteiger partial charge in [-0.15, -0.1) is 0 Å². The smallest absolute Gasteiger partial charge is 0.822 e. The maximum absolute atomic E-state index is 12.1. The Labute approximate surface area is 331 Å². The van der Waals surface area contributed by atoms with Crippen LogP contribution in [-0.2, 0) is 9.30 Å². The molecule has 0 spiro atoms. The van der Waals surface area contributed by atoms with Crippen LogP contribution in [0.3, 0.4) is 0 Å². The Hall–Kier alpha value is 2.87. The van der Waals surface area contributed by atoms with Crippen LogP contribution in [0.15, 0.2) is 18.3 Å². The van der Waals surface area contributed by atoms with Crippen LogP contribution in [0.4, 0.5) is 10.6 Å². The van der Waals surface area contributed by atoms with Crippen LogP contribution in [0.5, 0.6) is 0 Å². The molecule has 1 fully saturated rings. The number of rotatable bonds is 2. The first-order valence-electron chi connectivity index (χ1n) is 9.42. The van der Waals surface area contributed by atoms with E-state index in [0.717, 1.165) is 31.7 Å². The number of pyridine rings is 1. The summed E-state index contributed by atoms with van der Waals surface area (Å²) in [5.74, 6) is 0.806. The number of hydrogen-bond acceptors (Lipinski definition) is 10. The van der Waals surface area contributed by atoms with Gasteiger partial charge in [0.15, 0.2) is 5.65 Å². The minimum atomic E-state index is -5.39. The Morgan fingerprint density at radius 2 is 1.68 bits per heavy atom. The summed E-state index contributed by atoms with van der Waals surface area (Å²) < 4.78 is 13.9. The number of nitrogens with zero attached hydrogens (tertiary/aromatic N) is 4. The van der Waals surface area contributed by atoms with Crippen LogP contribution in [0, 0.1) is 0 Å². The van der Waals surface area contributed by atoms with Gasteiger partial charge in [-0.3, -0.25) is 0 Å². The average molecular weight is 590 g/mol. The number of alkyl carbamates (subject to hydrolysis) is 1. The number of anilines is 1. The molecule has 0 aliphatic carbocycles. The van der Waals surface area contributed by atoms with Crippen molar-refractivity contribution in [3.8, 4) is 0 Å². The molecule has 0 aromatic carbocycles. The number of ether oxygens (including phenoxy) is 1. The van der Waals surface area contributed by atoms with Crippen LogP contribution < -0.4 is 179 Å². The Kier molecular flexibility index (Phi) is 19.3. The van der Waals surface area contributed by atoms with E-state index in [2.05, 4.69) is 25.2 Å². The number of nitrogens with one attached hydrogen (secondary N) is 1. The quantitative estimate of drug-likeness (QED) is 0.202.